The molecule has 0 bridgehead atoms. The van der Waals surface area contributed by atoms with Crippen molar-refractivity contribution in [3.63, 3.8) is 0 Å². The lowest BCUT2D eigenvalue weighted by Gasteiger charge is -2.15. The highest BCUT2D eigenvalue weighted by Crippen LogP contribution is 2.35. The average molecular weight is 387 g/mol. The van der Waals surface area contributed by atoms with Crippen LogP contribution < -0.4 is 5.32 Å². The number of aromatic nitrogens is 2. The van der Waals surface area contributed by atoms with E-state index in [1.165, 1.54) is 30.3 Å². The number of alkyl halides is 6. The van der Waals surface area contributed by atoms with E-state index in [9.17, 15) is 31.1 Å². The van der Waals surface area contributed by atoms with Crippen molar-refractivity contribution in [3.05, 3.63) is 59.9 Å². The summed E-state index contributed by atoms with van der Waals surface area (Å²) in [6.45, 7) is -0.846. The van der Waals surface area contributed by atoms with Gasteiger partial charge in [-0.3, -0.25) is 4.79 Å². The number of carbonyl (C=O) groups excluding carboxylic acids is 1. The van der Waals surface area contributed by atoms with Crippen molar-refractivity contribution in [2.75, 3.05) is 5.32 Å². The van der Waals surface area contributed by atoms with E-state index in [0.717, 1.165) is 18.2 Å². The molecule has 0 aliphatic rings. The van der Waals surface area contributed by atoms with E-state index in [4.69, 9.17) is 0 Å². The van der Waals surface area contributed by atoms with Crippen LogP contribution in [0.15, 0.2) is 48.5 Å². The SMILES string of the molecule is O=C(Cn1c(C(F)(F)F)nc2ccccc21)Nc1ccccc1C(F)(F)F. The fourth-order valence-corrected chi connectivity index (χ4v) is 2.62. The molecule has 0 unspecified atom stereocenters. The van der Waals surface area contributed by atoms with E-state index in [1.807, 2.05) is 5.32 Å². The van der Waals surface area contributed by atoms with Crippen LogP contribution in [0.4, 0.5) is 32.0 Å². The molecule has 2 aromatic carbocycles. The molecule has 1 N–H and O–H groups in total. The molecular weight excluding hydrogens is 376 g/mol. The summed E-state index contributed by atoms with van der Waals surface area (Å²) >= 11 is 0. The Hall–Kier alpha value is -3.04. The van der Waals surface area contributed by atoms with Crippen molar-refractivity contribution in [1.82, 2.24) is 9.55 Å². The first-order valence-corrected chi connectivity index (χ1v) is 7.56. The fourth-order valence-electron chi connectivity index (χ4n) is 2.62. The normalized spacial score (nSPS) is 12.4. The summed E-state index contributed by atoms with van der Waals surface area (Å²) in [7, 11) is 0. The maximum atomic E-state index is 13.2. The van der Waals surface area contributed by atoms with Crippen LogP contribution in [0.25, 0.3) is 11.0 Å². The quantitative estimate of drug-likeness (QED) is 0.662. The second kappa shape index (κ2) is 6.60. The summed E-state index contributed by atoms with van der Waals surface area (Å²) < 4.78 is 79.3. The second-order valence-corrected chi connectivity index (χ2v) is 5.60. The minimum atomic E-state index is -4.83. The van der Waals surface area contributed by atoms with Gasteiger partial charge in [0.05, 0.1) is 22.3 Å². The fraction of sp³-hybridized carbons (Fsp3) is 0.176. The van der Waals surface area contributed by atoms with Crippen LogP contribution in [0, 0.1) is 0 Å². The Morgan fingerprint density at radius 1 is 0.926 bits per heavy atom. The predicted octanol–water partition coefficient (Wildman–Crippen LogP) is 4.71. The predicted molar refractivity (Wildman–Crippen MR) is 84.8 cm³/mol. The van der Waals surface area contributed by atoms with Crippen LogP contribution in [0.1, 0.15) is 11.4 Å². The van der Waals surface area contributed by atoms with Gasteiger partial charge in [0, 0.05) is 0 Å². The molecule has 3 rings (SSSR count). The van der Waals surface area contributed by atoms with E-state index >= 15 is 0 Å². The Morgan fingerprint density at radius 3 is 2.22 bits per heavy atom. The molecule has 0 saturated carbocycles. The van der Waals surface area contributed by atoms with E-state index in [0.29, 0.717) is 4.57 Å². The van der Waals surface area contributed by atoms with E-state index in [2.05, 4.69) is 4.98 Å². The molecule has 0 saturated heterocycles. The van der Waals surface area contributed by atoms with Crippen LogP contribution in [0.5, 0.6) is 0 Å². The summed E-state index contributed by atoms with van der Waals surface area (Å²) in [5, 5.41) is 2.02. The molecule has 1 heterocycles. The van der Waals surface area contributed by atoms with Gasteiger partial charge in [0.25, 0.3) is 0 Å². The van der Waals surface area contributed by atoms with Gasteiger partial charge in [-0.2, -0.15) is 26.3 Å². The summed E-state index contributed by atoms with van der Waals surface area (Å²) in [6.07, 6.45) is -9.55. The summed E-state index contributed by atoms with van der Waals surface area (Å²) in [6, 6.07) is 9.85. The zero-order chi connectivity index (χ0) is 19.8. The third kappa shape index (κ3) is 3.88. The summed E-state index contributed by atoms with van der Waals surface area (Å²) in [4.78, 5) is 15.7. The highest BCUT2D eigenvalue weighted by molar-refractivity contribution is 5.92. The molecule has 1 aromatic heterocycles. The molecule has 3 aromatic rings. The molecule has 142 valence electrons. The van der Waals surface area contributed by atoms with Crippen LogP contribution in [0.2, 0.25) is 0 Å². The van der Waals surface area contributed by atoms with Crippen LogP contribution in [-0.2, 0) is 23.7 Å². The molecule has 0 spiro atoms. The van der Waals surface area contributed by atoms with Crippen LogP contribution in [0.3, 0.4) is 0 Å². The number of hydrogen-bond donors (Lipinski definition) is 1. The standard InChI is InChI=1S/C17H11F6N3O/c18-16(19,20)10-5-1-2-6-11(10)24-14(27)9-26-13-8-4-3-7-12(13)25-15(26)17(21,22)23/h1-8H,9H2,(H,24,27). The minimum absolute atomic E-state index is 0.0216. The number of carbonyl (C=O) groups is 1. The number of anilines is 1. The topological polar surface area (TPSA) is 46.9 Å². The molecule has 0 aliphatic heterocycles. The van der Waals surface area contributed by atoms with Crippen molar-refractivity contribution < 1.29 is 31.1 Å². The number of imidazole rings is 1. The van der Waals surface area contributed by atoms with Gasteiger partial charge in [0.15, 0.2) is 0 Å². The first kappa shape index (κ1) is 18.7. The molecule has 0 aliphatic carbocycles. The number of halogens is 6. The molecule has 0 radical (unpaired) electrons. The zero-order valence-corrected chi connectivity index (χ0v) is 13.4. The third-order valence-electron chi connectivity index (χ3n) is 3.72. The van der Waals surface area contributed by atoms with Gasteiger partial charge in [0.1, 0.15) is 6.54 Å². The first-order valence-electron chi connectivity index (χ1n) is 7.56. The summed E-state index contributed by atoms with van der Waals surface area (Å²) in [5.74, 6) is -2.34. The molecular formula is C17H11F6N3O. The number of rotatable bonds is 3. The van der Waals surface area contributed by atoms with Gasteiger partial charge < -0.3 is 9.88 Å². The number of amides is 1. The number of benzene rings is 2. The monoisotopic (exact) mass is 387 g/mol. The average Bonchev–Trinajstić information content (AvgIpc) is 2.93. The van der Waals surface area contributed by atoms with Crippen molar-refractivity contribution in [3.8, 4) is 0 Å². The molecule has 4 nitrogen and oxygen atoms in total. The highest BCUT2D eigenvalue weighted by atomic mass is 19.4. The third-order valence-corrected chi connectivity index (χ3v) is 3.72. The van der Waals surface area contributed by atoms with E-state index < -0.39 is 41.9 Å². The zero-order valence-electron chi connectivity index (χ0n) is 13.4. The Labute approximate surface area is 148 Å². The Morgan fingerprint density at radius 2 is 1.56 bits per heavy atom. The van der Waals surface area contributed by atoms with Gasteiger partial charge >= 0.3 is 12.4 Å². The largest absolute Gasteiger partial charge is 0.449 e. The Kier molecular flexibility index (Phi) is 4.58. The van der Waals surface area contributed by atoms with E-state index in [-0.39, 0.29) is 11.0 Å². The molecule has 1 amide bonds. The van der Waals surface area contributed by atoms with Gasteiger partial charge in [0.2, 0.25) is 11.7 Å². The van der Waals surface area contributed by atoms with Gasteiger partial charge in [-0.25, -0.2) is 4.98 Å². The number of para-hydroxylation sites is 3. The van der Waals surface area contributed by atoms with Crippen LogP contribution >= 0.6 is 0 Å². The second-order valence-electron chi connectivity index (χ2n) is 5.60. The lowest BCUT2D eigenvalue weighted by molar-refractivity contribution is -0.147. The van der Waals surface area contributed by atoms with Gasteiger partial charge in [-0.05, 0) is 24.3 Å². The summed E-state index contributed by atoms with van der Waals surface area (Å²) in [5.41, 5.74) is -1.56. The Bertz CT molecular complexity index is 990. The first-order chi connectivity index (χ1) is 12.6. The van der Waals surface area contributed by atoms with Crippen molar-refractivity contribution >= 4 is 22.6 Å². The minimum Gasteiger partial charge on any atom is -0.324 e. The van der Waals surface area contributed by atoms with Crippen molar-refractivity contribution in [1.29, 1.82) is 0 Å². The van der Waals surface area contributed by atoms with Crippen molar-refractivity contribution in [2.45, 2.75) is 18.9 Å². The van der Waals surface area contributed by atoms with E-state index in [1.54, 1.807) is 0 Å². The highest BCUT2D eigenvalue weighted by Gasteiger charge is 2.38. The Balaban J connectivity index is 1.94. The number of hydrogen-bond acceptors (Lipinski definition) is 2. The van der Waals surface area contributed by atoms with Gasteiger partial charge in [-0.1, -0.05) is 24.3 Å². The van der Waals surface area contributed by atoms with Gasteiger partial charge in [-0.15, -0.1) is 0 Å². The van der Waals surface area contributed by atoms with Crippen molar-refractivity contribution in [2.24, 2.45) is 0 Å². The number of nitrogens with one attached hydrogen (secondary N) is 1. The molecule has 0 atom stereocenters. The number of nitrogens with zero attached hydrogens (tertiary/aromatic N) is 2. The van der Waals surface area contributed by atoms with Crippen LogP contribution in [-0.4, -0.2) is 15.5 Å². The maximum Gasteiger partial charge on any atom is 0.449 e. The molecule has 27 heavy (non-hydrogen) atoms. The maximum absolute atomic E-state index is 13.2. The lowest BCUT2D eigenvalue weighted by atomic mass is 10.1. The molecule has 10 heteroatoms. The smallest absolute Gasteiger partial charge is 0.324 e. The molecule has 0 fully saturated rings. The number of fused-ring (bicyclic) bond motifs is 1. The lowest BCUT2D eigenvalue weighted by Crippen LogP contribution is -2.24.